The fourth-order valence-corrected chi connectivity index (χ4v) is 3.86. The van der Waals surface area contributed by atoms with E-state index in [1.807, 2.05) is 12.1 Å². The molecule has 1 fully saturated rings. The van der Waals surface area contributed by atoms with Gasteiger partial charge in [0.25, 0.3) is 0 Å². The summed E-state index contributed by atoms with van der Waals surface area (Å²) in [5, 5.41) is 0. The summed E-state index contributed by atoms with van der Waals surface area (Å²) in [6, 6.07) is 3.94. The predicted octanol–water partition coefficient (Wildman–Crippen LogP) is 5.32. The molecule has 0 radical (unpaired) electrons. The summed E-state index contributed by atoms with van der Waals surface area (Å²) in [7, 11) is 0. The van der Waals surface area contributed by atoms with Crippen LogP contribution in [0.25, 0.3) is 0 Å². The van der Waals surface area contributed by atoms with E-state index in [1.54, 1.807) is 12.4 Å². The molecule has 0 aliphatic heterocycles. The molecule has 2 unspecified atom stereocenters. The average Bonchev–Trinajstić information content (AvgIpc) is 2.46. The Morgan fingerprint density at radius 3 is 2.20 bits per heavy atom. The zero-order valence-corrected chi connectivity index (χ0v) is 13.0. The van der Waals surface area contributed by atoms with Crippen LogP contribution in [0.2, 0.25) is 0 Å². The van der Waals surface area contributed by atoms with Crippen molar-refractivity contribution in [3.8, 4) is 0 Å². The van der Waals surface area contributed by atoms with Crippen LogP contribution in [0.3, 0.4) is 0 Å². The van der Waals surface area contributed by atoms with Gasteiger partial charge < -0.3 is 0 Å². The molecule has 1 nitrogen and oxygen atoms in total. The van der Waals surface area contributed by atoms with Crippen LogP contribution < -0.4 is 0 Å². The van der Waals surface area contributed by atoms with Gasteiger partial charge in [-0.25, -0.2) is 0 Å². The highest BCUT2D eigenvalue weighted by molar-refractivity contribution is 9.09. The van der Waals surface area contributed by atoms with Gasteiger partial charge in [0, 0.05) is 17.2 Å². The number of aromatic nitrogens is 1. The lowest BCUT2D eigenvalue weighted by atomic mass is 9.77. The normalized spacial score (nSPS) is 27.1. The molecule has 0 amide bonds. The van der Waals surface area contributed by atoms with Gasteiger partial charge in [-0.2, -0.15) is 13.2 Å². The van der Waals surface area contributed by atoms with Gasteiger partial charge >= 0.3 is 6.18 Å². The van der Waals surface area contributed by atoms with Gasteiger partial charge in [0.2, 0.25) is 0 Å². The van der Waals surface area contributed by atoms with Crippen molar-refractivity contribution in [2.75, 3.05) is 0 Å². The molecular weight excluding hydrogens is 331 g/mol. The fourth-order valence-electron chi connectivity index (χ4n) is 3.02. The summed E-state index contributed by atoms with van der Waals surface area (Å²) in [5.74, 6) is -0.503. The second-order valence-electron chi connectivity index (χ2n) is 5.67. The molecule has 0 saturated heterocycles. The lowest BCUT2D eigenvalue weighted by molar-refractivity contribution is -0.183. The maximum absolute atomic E-state index is 12.7. The van der Waals surface area contributed by atoms with Crippen LogP contribution in [0.1, 0.15) is 44.1 Å². The van der Waals surface area contributed by atoms with E-state index in [-0.39, 0.29) is 23.6 Å². The summed E-state index contributed by atoms with van der Waals surface area (Å²) in [4.78, 5) is 4.22. The third-order valence-corrected chi connectivity index (χ3v) is 5.94. The minimum Gasteiger partial charge on any atom is -0.265 e. The summed E-state index contributed by atoms with van der Waals surface area (Å²) >= 11 is 3.71. The molecule has 1 aliphatic carbocycles. The van der Waals surface area contributed by atoms with Crippen molar-refractivity contribution in [3.63, 3.8) is 0 Å². The van der Waals surface area contributed by atoms with Crippen molar-refractivity contribution >= 4 is 15.9 Å². The first-order valence-electron chi connectivity index (χ1n) is 7.00. The molecule has 1 saturated carbocycles. The third kappa shape index (κ3) is 3.74. The van der Waals surface area contributed by atoms with Crippen LogP contribution in [0, 0.1) is 11.8 Å². The van der Waals surface area contributed by atoms with Crippen LogP contribution in [0.4, 0.5) is 13.2 Å². The Morgan fingerprint density at radius 1 is 1.15 bits per heavy atom. The number of rotatable bonds is 3. The number of hydrogen-bond donors (Lipinski definition) is 0. The monoisotopic (exact) mass is 349 g/mol. The van der Waals surface area contributed by atoms with E-state index in [2.05, 4.69) is 27.8 Å². The number of pyridine rings is 1. The molecule has 2 rings (SSSR count). The molecule has 5 heteroatoms. The minimum absolute atomic E-state index is 0.221. The Labute approximate surface area is 126 Å². The molecule has 1 aliphatic rings. The lowest BCUT2D eigenvalue weighted by Gasteiger charge is -2.34. The number of nitrogens with zero attached hydrogens (tertiary/aromatic N) is 1. The van der Waals surface area contributed by atoms with E-state index >= 15 is 0 Å². The molecule has 1 aromatic heterocycles. The first-order chi connectivity index (χ1) is 9.39. The van der Waals surface area contributed by atoms with Gasteiger partial charge in [0.15, 0.2) is 0 Å². The quantitative estimate of drug-likeness (QED) is 0.673. The Balaban J connectivity index is 1.93. The zero-order valence-electron chi connectivity index (χ0n) is 11.4. The molecule has 1 heterocycles. The highest BCUT2D eigenvalue weighted by atomic mass is 79.9. The molecule has 0 bridgehead atoms. The third-order valence-electron chi connectivity index (χ3n) is 4.39. The number of halogens is 4. The van der Waals surface area contributed by atoms with E-state index in [0.717, 1.165) is 0 Å². The molecule has 0 spiro atoms. The summed E-state index contributed by atoms with van der Waals surface area (Å²) in [5.41, 5.74) is 1.18. The number of alkyl halides is 4. The minimum atomic E-state index is -4.02. The molecule has 20 heavy (non-hydrogen) atoms. The molecule has 112 valence electrons. The first kappa shape index (κ1) is 15.8. The summed E-state index contributed by atoms with van der Waals surface area (Å²) in [6.45, 7) is 2.12. The lowest BCUT2D eigenvalue weighted by Crippen LogP contribution is -2.31. The van der Waals surface area contributed by atoms with Gasteiger partial charge in [-0.05, 0) is 55.2 Å². The average molecular weight is 350 g/mol. The molecule has 0 N–H and O–H groups in total. The van der Waals surface area contributed by atoms with Crippen molar-refractivity contribution < 1.29 is 13.2 Å². The SMILES string of the molecule is CC(c1ccncc1)C(Br)C1CCC(C(F)(F)F)CC1. The topological polar surface area (TPSA) is 12.9 Å². The standard InChI is InChI=1S/C15H19BrF3N/c1-10(11-6-8-20-9-7-11)14(16)12-2-4-13(5-3-12)15(17,18)19/h6-10,12-14H,2-5H2,1H3. The predicted molar refractivity (Wildman–Crippen MR) is 76.9 cm³/mol. The Morgan fingerprint density at radius 2 is 1.70 bits per heavy atom. The van der Waals surface area contributed by atoms with Crippen LogP contribution >= 0.6 is 15.9 Å². The van der Waals surface area contributed by atoms with Gasteiger partial charge in [-0.3, -0.25) is 4.98 Å². The Hall–Kier alpha value is -0.580. The zero-order chi connectivity index (χ0) is 14.8. The van der Waals surface area contributed by atoms with Gasteiger partial charge in [0.1, 0.15) is 0 Å². The summed E-state index contributed by atoms with van der Waals surface area (Å²) in [6.07, 6.45) is 1.31. The van der Waals surface area contributed by atoms with Crippen molar-refractivity contribution in [3.05, 3.63) is 30.1 Å². The largest absolute Gasteiger partial charge is 0.391 e. The van der Waals surface area contributed by atoms with Crippen LogP contribution in [0.15, 0.2) is 24.5 Å². The van der Waals surface area contributed by atoms with E-state index in [9.17, 15) is 13.2 Å². The first-order valence-corrected chi connectivity index (χ1v) is 7.92. The van der Waals surface area contributed by atoms with Gasteiger partial charge in [-0.1, -0.05) is 22.9 Å². The molecule has 2 atom stereocenters. The fraction of sp³-hybridized carbons (Fsp3) is 0.667. The second kappa shape index (κ2) is 6.46. The smallest absolute Gasteiger partial charge is 0.265 e. The Kier molecular flexibility index (Phi) is 5.10. The second-order valence-corrected chi connectivity index (χ2v) is 6.72. The van der Waals surface area contributed by atoms with Crippen LogP contribution in [-0.2, 0) is 0 Å². The van der Waals surface area contributed by atoms with Crippen LogP contribution in [0.5, 0.6) is 0 Å². The van der Waals surface area contributed by atoms with Crippen molar-refractivity contribution in [2.45, 2.75) is 49.5 Å². The van der Waals surface area contributed by atoms with E-state index in [1.165, 1.54) is 5.56 Å². The number of hydrogen-bond acceptors (Lipinski definition) is 1. The van der Waals surface area contributed by atoms with Crippen molar-refractivity contribution in [2.24, 2.45) is 11.8 Å². The highest BCUT2D eigenvalue weighted by Gasteiger charge is 2.42. The maximum Gasteiger partial charge on any atom is 0.391 e. The van der Waals surface area contributed by atoms with Crippen LogP contribution in [-0.4, -0.2) is 16.0 Å². The molecular formula is C15H19BrF3N. The highest BCUT2D eigenvalue weighted by Crippen LogP contribution is 2.44. The molecule has 0 aromatic carbocycles. The van der Waals surface area contributed by atoms with Crippen molar-refractivity contribution in [1.29, 1.82) is 0 Å². The summed E-state index contributed by atoms with van der Waals surface area (Å²) < 4.78 is 38.0. The maximum atomic E-state index is 12.7. The van der Waals surface area contributed by atoms with Gasteiger partial charge in [0.05, 0.1) is 5.92 Å². The Bertz CT molecular complexity index is 413. The molecule has 1 aromatic rings. The van der Waals surface area contributed by atoms with Gasteiger partial charge in [-0.15, -0.1) is 0 Å². The van der Waals surface area contributed by atoms with E-state index in [4.69, 9.17) is 0 Å². The van der Waals surface area contributed by atoms with E-state index in [0.29, 0.717) is 18.8 Å². The van der Waals surface area contributed by atoms with E-state index < -0.39 is 12.1 Å². The van der Waals surface area contributed by atoms with Crippen molar-refractivity contribution in [1.82, 2.24) is 4.98 Å².